The Morgan fingerprint density at radius 3 is 2.57 bits per heavy atom. The molecule has 1 saturated heterocycles. The zero-order valence-electron chi connectivity index (χ0n) is 13.9. The predicted octanol–water partition coefficient (Wildman–Crippen LogP) is 3.12. The highest BCUT2D eigenvalue weighted by atomic mass is 19.1. The molecule has 0 bridgehead atoms. The third kappa shape index (κ3) is 3.34. The zero-order chi connectivity index (χ0) is 16.6. The summed E-state index contributed by atoms with van der Waals surface area (Å²) in [6.45, 7) is 7.87. The molecule has 1 unspecified atom stereocenters. The molecular weight excluding hydrogens is 291 g/mol. The first-order valence-corrected chi connectivity index (χ1v) is 7.99. The summed E-state index contributed by atoms with van der Waals surface area (Å²) in [6, 6.07) is 8.75. The minimum absolute atomic E-state index is 0.139. The van der Waals surface area contributed by atoms with Crippen molar-refractivity contribution in [3.05, 3.63) is 41.8 Å². The van der Waals surface area contributed by atoms with Crippen molar-refractivity contribution < 1.29 is 4.39 Å². The third-order valence-corrected chi connectivity index (χ3v) is 4.14. The first kappa shape index (κ1) is 15.9. The van der Waals surface area contributed by atoms with Gasteiger partial charge in [-0.05, 0) is 24.6 Å². The molecule has 122 valence electrons. The number of halogens is 1. The lowest BCUT2D eigenvalue weighted by Gasteiger charge is -2.23. The molecular formula is C18H23FN4. The molecule has 4 nitrogen and oxygen atoms in total. The van der Waals surface area contributed by atoms with Crippen LogP contribution in [-0.2, 0) is 5.41 Å². The van der Waals surface area contributed by atoms with E-state index in [1.807, 2.05) is 12.1 Å². The lowest BCUT2D eigenvalue weighted by molar-refractivity contribution is 0.566. The third-order valence-electron chi connectivity index (χ3n) is 4.14. The number of nitrogens with zero attached hydrogens (tertiary/aromatic N) is 3. The minimum Gasteiger partial charge on any atom is -0.339 e. The summed E-state index contributed by atoms with van der Waals surface area (Å²) in [5, 5.41) is 0. The standard InChI is InChI=1S/C18H23FN4/c1-18(2,3)16-10-15(13-6-4-5-7-14(13)19)21-17(22-16)23-9-8-12(20)11-23/h4-7,10,12H,8-9,11,20H2,1-3H3. The van der Waals surface area contributed by atoms with Crippen LogP contribution in [0, 0.1) is 5.82 Å². The van der Waals surface area contributed by atoms with E-state index in [2.05, 4.69) is 30.7 Å². The molecule has 1 aliphatic rings. The Morgan fingerprint density at radius 1 is 1.22 bits per heavy atom. The number of aromatic nitrogens is 2. The molecule has 1 aromatic heterocycles. The van der Waals surface area contributed by atoms with Crippen LogP contribution >= 0.6 is 0 Å². The van der Waals surface area contributed by atoms with Crippen molar-refractivity contribution in [2.75, 3.05) is 18.0 Å². The second-order valence-corrected chi connectivity index (χ2v) is 7.16. The van der Waals surface area contributed by atoms with Gasteiger partial charge in [-0.3, -0.25) is 0 Å². The summed E-state index contributed by atoms with van der Waals surface area (Å²) >= 11 is 0. The van der Waals surface area contributed by atoms with Crippen molar-refractivity contribution in [2.45, 2.75) is 38.6 Å². The first-order valence-electron chi connectivity index (χ1n) is 7.99. The number of anilines is 1. The molecule has 2 heterocycles. The highest BCUT2D eigenvalue weighted by Gasteiger charge is 2.25. The van der Waals surface area contributed by atoms with Gasteiger partial charge in [-0.15, -0.1) is 0 Å². The number of hydrogen-bond donors (Lipinski definition) is 1. The van der Waals surface area contributed by atoms with Crippen LogP contribution in [0.5, 0.6) is 0 Å². The van der Waals surface area contributed by atoms with Crippen LogP contribution in [0.15, 0.2) is 30.3 Å². The Hall–Kier alpha value is -2.01. The van der Waals surface area contributed by atoms with Crippen LogP contribution in [0.2, 0.25) is 0 Å². The Labute approximate surface area is 136 Å². The largest absolute Gasteiger partial charge is 0.339 e. The van der Waals surface area contributed by atoms with Gasteiger partial charge in [-0.25, -0.2) is 14.4 Å². The molecule has 0 amide bonds. The van der Waals surface area contributed by atoms with Crippen molar-refractivity contribution in [1.82, 2.24) is 9.97 Å². The molecule has 2 aromatic rings. The van der Waals surface area contributed by atoms with Crippen molar-refractivity contribution in [2.24, 2.45) is 5.73 Å². The molecule has 0 saturated carbocycles. The average molecular weight is 314 g/mol. The van der Waals surface area contributed by atoms with Crippen molar-refractivity contribution >= 4 is 5.95 Å². The smallest absolute Gasteiger partial charge is 0.226 e. The molecule has 1 aromatic carbocycles. The van der Waals surface area contributed by atoms with E-state index >= 15 is 0 Å². The Kier molecular flexibility index (Phi) is 4.06. The van der Waals surface area contributed by atoms with Gasteiger partial charge in [0.05, 0.1) is 11.4 Å². The fourth-order valence-corrected chi connectivity index (χ4v) is 2.74. The van der Waals surface area contributed by atoms with Crippen molar-refractivity contribution in [3.8, 4) is 11.3 Å². The number of nitrogens with two attached hydrogens (primary N) is 1. The van der Waals surface area contributed by atoms with Crippen LogP contribution in [0.4, 0.5) is 10.3 Å². The fourth-order valence-electron chi connectivity index (χ4n) is 2.74. The van der Waals surface area contributed by atoms with Crippen LogP contribution in [0.25, 0.3) is 11.3 Å². The molecule has 0 radical (unpaired) electrons. The van der Waals surface area contributed by atoms with Crippen LogP contribution in [0.3, 0.4) is 0 Å². The monoisotopic (exact) mass is 314 g/mol. The minimum atomic E-state index is -0.268. The van der Waals surface area contributed by atoms with E-state index in [1.165, 1.54) is 6.07 Å². The molecule has 1 aliphatic heterocycles. The second-order valence-electron chi connectivity index (χ2n) is 7.16. The van der Waals surface area contributed by atoms with E-state index in [0.717, 1.165) is 25.2 Å². The Morgan fingerprint density at radius 2 is 1.96 bits per heavy atom. The molecule has 0 spiro atoms. The maximum absolute atomic E-state index is 14.2. The lowest BCUT2D eigenvalue weighted by atomic mass is 9.91. The van der Waals surface area contributed by atoms with Crippen LogP contribution in [-0.4, -0.2) is 29.1 Å². The van der Waals surface area contributed by atoms with Crippen molar-refractivity contribution in [1.29, 1.82) is 0 Å². The van der Waals surface area contributed by atoms with Gasteiger partial charge < -0.3 is 10.6 Å². The quantitative estimate of drug-likeness (QED) is 0.925. The van der Waals surface area contributed by atoms with Crippen LogP contribution in [0.1, 0.15) is 32.9 Å². The number of benzene rings is 1. The highest BCUT2D eigenvalue weighted by Crippen LogP contribution is 2.29. The molecule has 1 fully saturated rings. The topological polar surface area (TPSA) is 55.0 Å². The Balaban J connectivity index is 2.11. The first-order chi connectivity index (χ1) is 10.8. The lowest BCUT2D eigenvalue weighted by Crippen LogP contribution is -2.28. The van der Waals surface area contributed by atoms with Gasteiger partial charge in [0.25, 0.3) is 0 Å². The van der Waals surface area contributed by atoms with E-state index < -0.39 is 0 Å². The maximum atomic E-state index is 14.2. The van der Waals surface area contributed by atoms with Crippen molar-refractivity contribution in [3.63, 3.8) is 0 Å². The Bertz CT molecular complexity index is 708. The van der Waals surface area contributed by atoms with E-state index in [4.69, 9.17) is 10.7 Å². The normalized spacial score (nSPS) is 18.5. The summed E-state index contributed by atoms with van der Waals surface area (Å²) in [6.07, 6.45) is 0.929. The fraction of sp³-hybridized carbons (Fsp3) is 0.444. The van der Waals surface area contributed by atoms with Gasteiger partial charge >= 0.3 is 0 Å². The molecule has 2 N–H and O–H groups in total. The second kappa shape index (κ2) is 5.89. The number of rotatable bonds is 2. The van der Waals surface area contributed by atoms with Gasteiger partial charge in [0.15, 0.2) is 0 Å². The van der Waals surface area contributed by atoms with E-state index in [0.29, 0.717) is 17.2 Å². The summed E-state index contributed by atoms with van der Waals surface area (Å²) in [7, 11) is 0. The van der Waals surface area contributed by atoms with Gasteiger partial charge in [0, 0.05) is 30.1 Å². The van der Waals surface area contributed by atoms with Gasteiger partial charge in [-0.1, -0.05) is 32.9 Å². The molecule has 23 heavy (non-hydrogen) atoms. The van der Waals surface area contributed by atoms with Gasteiger partial charge in [0.1, 0.15) is 5.82 Å². The SMILES string of the molecule is CC(C)(C)c1cc(-c2ccccc2F)nc(N2CCC(N)C2)n1. The zero-order valence-corrected chi connectivity index (χ0v) is 13.9. The molecule has 1 atom stereocenters. The van der Waals surface area contributed by atoms with Gasteiger partial charge in [0.2, 0.25) is 5.95 Å². The van der Waals surface area contributed by atoms with E-state index in [1.54, 1.807) is 12.1 Å². The molecule has 5 heteroatoms. The summed E-state index contributed by atoms with van der Waals surface area (Å²) in [4.78, 5) is 11.4. The number of hydrogen-bond acceptors (Lipinski definition) is 4. The predicted molar refractivity (Wildman–Crippen MR) is 90.9 cm³/mol. The molecule has 3 rings (SSSR count). The maximum Gasteiger partial charge on any atom is 0.226 e. The summed E-state index contributed by atoms with van der Waals surface area (Å²) < 4.78 is 14.2. The van der Waals surface area contributed by atoms with Crippen LogP contribution < -0.4 is 10.6 Å². The summed E-state index contributed by atoms with van der Waals surface area (Å²) in [5.41, 5.74) is 7.90. The average Bonchev–Trinajstić information content (AvgIpc) is 2.93. The highest BCUT2D eigenvalue weighted by molar-refractivity contribution is 5.62. The van der Waals surface area contributed by atoms with Gasteiger partial charge in [-0.2, -0.15) is 0 Å². The molecule has 0 aliphatic carbocycles. The summed E-state index contributed by atoms with van der Waals surface area (Å²) in [5.74, 6) is 0.374. The van der Waals surface area contributed by atoms with E-state index in [-0.39, 0.29) is 17.3 Å². The van der Waals surface area contributed by atoms with E-state index in [9.17, 15) is 4.39 Å².